The Hall–Kier alpha value is -2.33. The predicted octanol–water partition coefficient (Wildman–Crippen LogP) is 4.18. The third-order valence-electron chi connectivity index (χ3n) is 3.87. The smallest absolute Gasteiger partial charge is 0.326 e. The molecule has 0 bridgehead atoms. The van der Waals surface area contributed by atoms with Crippen LogP contribution in [0.15, 0.2) is 35.2 Å². The normalized spacial score (nSPS) is 14.5. The molecule has 0 saturated carbocycles. The lowest BCUT2D eigenvalue weighted by Gasteiger charge is -2.19. The maximum atomic E-state index is 14.3. The van der Waals surface area contributed by atoms with Gasteiger partial charge in [-0.05, 0) is 42.3 Å². The first-order valence-electron chi connectivity index (χ1n) is 7.49. The summed E-state index contributed by atoms with van der Waals surface area (Å²) >= 11 is 5.49. The van der Waals surface area contributed by atoms with Gasteiger partial charge in [0.25, 0.3) is 10.0 Å². The van der Waals surface area contributed by atoms with Gasteiger partial charge in [-0.15, -0.1) is 0 Å². The van der Waals surface area contributed by atoms with Crippen LogP contribution in [0.3, 0.4) is 0 Å². The summed E-state index contributed by atoms with van der Waals surface area (Å²) in [7, 11) is -4.51. The van der Waals surface area contributed by atoms with Crippen molar-refractivity contribution in [1.29, 1.82) is 0 Å². The summed E-state index contributed by atoms with van der Waals surface area (Å²) < 4.78 is 79.9. The zero-order chi connectivity index (χ0) is 20.0. The van der Waals surface area contributed by atoms with E-state index in [1.807, 2.05) is 4.72 Å². The second-order valence-electron chi connectivity index (χ2n) is 5.79. The van der Waals surface area contributed by atoms with Gasteiger partial charge in [0.2, 0.25) is 5.91 Å². The molecular weight excluding hydrogens is 412 g/mol. The largest absolute Gasteiger partial charge is 0.417 e. The maximum absolute atomic E-state index is 14.3. The third kappa shape index (κ3) is 4.01. The Labute approximate surface area is 156 Å². The standard InChI is InChI=1S/C16H11ClF4N2O3S/c17-11-3-2-9(6-10(11)16(19,20)21)23-27(25,26)14-5-8-1-4-15(24)22-13(8)7-12(14)18/h2-3,5-7,23H,1,4H2,(H,22,24). The summed E-state index contributed by atoms with van der Waals surface area (Å²) in [5.41, 5.74) is -1.08. The van der Waals surface area contributed by atoms with Crippen LogP contribution >= 0.6 is 11.6 Å². The number of hydrogen-bond donors (Lipinski definition) is 2. The molecule has 2 aromatic carbocycles. The Morgan fingerprint density at radius 1 is 1.11 bits per heavy atom. The lowest BCUT2D eigenvalue weighted by atomic mass is 10.0. The SMILES string of the molecule is O=C1CCc2cc(S(=O)(=O)Nc3ccc(Cl)c(C(F)(F)F)c3)c(F)cc2N1. The number of carbonyl (C=O) groups excluding carboxylic acids is 1. The van der Waals surface area contributed by atoms with E-state index >= 15 is 0 Å². The minimum atomic E-state index is -4.78. The summed E-state index contributed by atoms with van der Waals surface area (Å²) in [4.78, 5) is 10.6. The summed E-state index contributed by atoms with van der Waals surface area (Å²) in [5.74, 6) is -1.47. The Bertz CT molecular complexity index is 1040. The van der Waals surface area contributed by atoms with Crippen molar-refractivity contribution in [3.8, 4) is 0 Å². The molecule has 1 aliphatic rings. The minimum Gasteiger partial charge on any atom is -0.326 e. The molecule has 27 heavy (non-hydrogen) atoms. The number of rotatable bonds is 3. The van der Waals surface area contributed by atoms with E-state index in [0.717, 1.165) is 24.3 Å². The van der Waals surface area contributed by atoms with Crippen molar-refractivity contribution in [2.24, 2.45) is 0 Å². The molecule has 0 spiro atoms. The molecule has 0 radical (unpaired) electrons. The number of hydrogen-bond acceptors (Lipinski definition) is 3. The molecule has 1 aliphatic heterocycles. The molecule has 2 aromatic rings. The van der Waals surface area contributed by atoms with Crippen molar-refractivity contribution in [1.82, 2.24) is 0 Å². The van der Waals surface area contributed by atoms with E-state index in [9.17, 15) is 30.8 Å². The summed E-state index contributed by atoms with van der Waals surface area (Å²) in [6.45, 7) is 0. The van der Waals surface area contributed by atoms with E-state index in [-0.39, 0.29) is 24.4 Å². The van der Waals surface area contributed by atoms with Gasteiger partial charge < -0.3 is 5.32 Å². The average molecular weight is 423 g/mol. The monoisotopic (exact) mass is 422 g/mol. The molecule has 2 N–H and O–H groups in total. The van der Waals surface area contributed by atoms with Crippen LogP contribution in [0.1, 0.15) is 17.5 Å². The van der Waals surface area contributed by atoms with Crippen LogP contribution in [-0.2, 0) is 27.4 Å². The summed E-state index contributed by atoms with van der Waals surface area (Å²) in [6, 6.07) is 4.36. The zero-order valence-electron chi connectivity index (χ0n) is 13.3. The van der Waals surface area contributed by atoms with E-state index in [1.165, 1.54) is 0 Å². The van der Waals surface area contributed by atoms with Gasteiger partial charge in [0, 0.05) is 17.8 Å². The molecule has 3 rings (SSSR count). The highest BCUT2D eigenvalue weighted by Gasteiger charge is 2.34. The molecule has 1 amide bonds. The first-order chi connectivity index (χ1) is 12.5. The van der Waals surface area contributed by atoms with Crippen LogP contribution in [0.5, 0.6) is 0 Å². The number of carbonyl (C=O) groups is 1. The second-order valence-corrected chi connectivity index (χ2v) is 7.84. The topological polar surface area (TPSA) is 75.3 Å². The van der Waals surface area contributed by atoms with Crippen LogP contribution in [0.2, 0.25) is 5.02 Å². The highest BCUT2D eigenvalue weighted by molar-refractivity contribution is 7.92. The van der Waals surface area contributed by atoms with Crippen LogP contribution in [0.4, 0.5) is 28.9 Å². The van der Waals surface area contributed by atoms with E-state index in [4.69, 9.17) is 11.6 Å². The average Bonchev–Trinajstić information content (AvgIpc) is 2.54. The quantitative estimate of drug-likeness (QED) is 0.728. The highest BCUT2D eigenvalue weighted by Crippen LogP contribution is 2.37. The molecule has 11 heteroatoms. The molecule has 5 nitrogen and oxygen atoms in total. The predicted molar refractivity (Wildman–Crippen MR) is 90.6 cm³/mol. The van der Waals surface area contributed by atoms with Gasteiger partial charge in [-0.25, -0.2) is 12.8 Å². The van der Waals surface area contributed by atoms with Gasteiger partial charge in [-0.1, -0.05) is 11.6 Å². The first-order valence-corrected chi connectivity index (χ1v) is 9.35. The van der Waals surface area contributed by atoms with E-state index in [1.54, 1.807) is 0 Å². The Kier molecular flexibility index (Phi) is 4.81. The van der Waals surface area contributed by atoms with Crippen molar-refractivity contribution < 1.29 is 30.8 Å². The highest BCUT2D eigenvalue weighted by atomic mass is 35.5. The summed E-state index contributed by atoms with van der Waals surface area (Å²) in [6.07, 6.45) is -4.46. The lowest BCUT2D eigenvalue weighted by Crippen LogP contribution is -2.21. The molecular formula is C16H11ClF4N2O3S. The van der Waals surface area contributed by atoms with Gasteiger partial charge in [-0.2, -0.15) is 13.2 Å². The Balaban J connectivity index is 1.98. The first kappa shape index (κ1) is 19.4. The van der Waals surface area contributed by atoms with E-state index in [2.05, 4.69) is 5.32 Å². The van der Waals surface area contributed by atoms with Gasteiger partial charge in [0.05, 0.1) is 10.6 Å². The minimum absolute atomic E-state index is 0.109. The number of nitrogens with one attached hydrogen (secondary N) is 2. The molecule has 144 valence electrons. The van der Waals surface area contributed by atoms with Gasteiger partial charge in [0.1, 0.15) is 10.7 Å². The van der Waals surface area contributed by atoms with Crippen molar-refractivity contribution in [2.75, 3.05) is 10.0 Å². The van der Waals surface area contributed by atoms with Crippen molar-refractivity contribution >= 4 is 38.9 Å². The van der Waals surface area contributed by atoms with Gasteiger partial charge in [-0.3, -0.25) is 9.52 Å². The molecule has 0 aliphatic carbocycles. The maximum Gasteiger partial charge on any atom is 0.417 e. The molecule has 0 atom stereocenters. The van der Waals surface area contributed by atoms with E-state index in [0.29, 0.717) is 11.6 Å². The number of benzene rings is 2. The van der Waals surface area contributed by atoms with Crippen molar-refractivity contribution in [3.63, 3.8) is 0 Å². The zero-order valence-corrected chi connectivity index (χ0v) is 14.9. The molecule has 1 heterocycles. The van der Waals surface area contributed by atoms with Crippen LogP contribution in [0, 0.1) is 5.82 Å². The third-order valence-corrected chi connectivity index (χ3v) is 5.59. The van der Waals surface area contributed by atoms with E-state index < -0.39 is 43.2 Å². The van der Waals surface area contributed by atoms with Crippen molar-refractivity contribution in [3.05, 3.63) is 52.3 Å². The van der Waals surface area contributed by atoms with Gasteiger partial charge >= 0.3 is 6.18 Å². The number of sulfonamides is 1. The molecule has 0 saturated heterocycles. The van der Waals surface area contributed by atoms with Crippen molar-refractivity contribution in [2.45, 2.75) is 23.9 Å². The number of amides is 1. The fourth-order valence-corrected chi connectivity index (χ4v) is 3.99. The second kappa shape index (κ2) is 6.68. The number of alkyl halides is 3. The number of aryl methyl sites for hydroxylation is 1. The number of anilines is 2. The fourth-order valence-electron chi connectivity index (χ4n) is 2.60. The molecule has 0 aromatic heterocycles. The Morgan fingerprint density at radius 3 is 2.48 bits per heavy atom. The van der Waals surface area contributed by atoms with Crippen LogP contribution in [0.25, 0.3) is 0 Å². The summed E-state index contributed by atoms with van der Waals surface area (Å²) in [5, 5.41) is 1.83. The van der Waals surface area contributed by atoms with Gasteiger partial charge in [0.15, 0.2) is 0 Å². The fraction of sp³-hybridized carbons (Fsp3) is 0.188. The molecule has 0 fully saturated rings. The van der Waals surface area contributed by atoms with Crippen LogP contribution in [-0.4, -0.2) is 14.3 Å². The Morgan fingerprint density at radius 2 is 1.81 bits per heavy atom. The van der Waals surface area contributed by atoms with Crippen LogP contribution < -0.4 is 10.0 Å². The number of fused-ring (bicyclic) bond motifs is 1. The number of halogens is 5. The lowest BCUT2D eigenvalue weighted by molar-refractivity contribution is -0.137. The molecule has 0 unspecified atom stereocenters.